The average Bonchev–Trinajstić information content (AvgIpc) is 2.91. The number of aromatic nitrogens is 4. The Bertz CT molecular complexity index is 1360. The van der Waals surface area contributed by atoms with Crippen molar-refractivity contribution >= 4 is 40.6 Å². The average molecular weight is 519 g/mol. The lowest BCUT2D eigenvalue weighted by molar-refractivity contribution is 0.249. The van der Waals surface area contributed by atoms with E-state index in [4.69, 9.17) is 11.6 Å². The van der Waals surface area contributed by atoms with Crippen LogP contribution in [0, 0.1) is 5.82 Å². The highest BCUT2D eigenvalue weighted by Gasteiger charge is 2.20. The van der Waals surface area contributed by atoms with Crippen molar-refractivity contribution in [2.24, 2.45) is 0 Å². The number of halogens is 2. The Kier molecular flexibility index (Phi) is 7.43. The lowest BCUT2D eigenvalue weighted by Crippen LogP contribution is -2.41. The molecular weight excluding hydrogens is 491 g/mol. The second kappa shape index (κ2) is 11.1. The summed E-state index contributed by atoms with van der Waals surface area (Å²) in [7, 11) is 4.31. The summed E-state index contributed by atoms with van der Waals surface area (Å²) in [6, 6.07) is 16.7. The summed E-state index contributed by atoms with van der Waals surface area (Å²) in [5.74, 6) is 1.23. The van der Waals surface area contributed by atoms with E-state index in [0.717, 1.165) is 18.8 Å². The third kappa shape index (κ3) is 6.12. The molecule has 190 valence electrons. The van der Waals surface area contributed by atoms with Gasteiger partial charge in [-0.3, -0.25) is 0 Å². The number of nitrogens with zero attached hydrogens (tertiary/aromatic N) is 6. The molecule has 2 N–H and O–H groups in total. The van der Waals surface area contributed by atoms with Gasteiger partial charge in [0.2, 0.25) is 5.95 Å². The molecule has 0 atom stereocenters. The first-order chi connectivity index (χ1) is 17.9. The van der Waals surface area contributed by atoms with Gasteiger partial charge in [0.1, 0.15) is 17.5 Å². The summed E-state index contributed by atoms with van der Waals surface area (Å²) in [4.78, 5) is 22.2. The number of benzene rings is 2. The molecule has 4 aromatic rings. The number of piperidine rings is 1. The number of nitrogens with one attached hydrogen (secondary N) is 2. The molecule has 0 radical (unpaired) electrons. The van der Waals surface area contributed by atoms with E-state index in [1.165, 1.54) is 36.7 Å². The number of hydrogen-bond donors (Lipinski definition) is 2. The molecule has 8 nitrogen and oxygen atoms in total. The summed E-state index contributed by atoms with van der Waals surface area (Å²) >= 11 is 6.02. The largest absolute Gasteiger partial charge is 0.371 e. The molecule has 0 amide bonds. The Morgan fingerprint density at radius 1 is 0.892 bits per heavy atom. The zero-order valence-corrected chi connectivity index (χ0v) is 21.5. The van der Waals surface area contributed by atoms with Gasteiger partial charge < -0.3 is 20.4 Å². The molecule has 2 aromatic carbocycles. The maximum absolute atomic E-state index is 14.3. The van der Waals surface area contributed by atoms with Crippen molar-refractivity contribution in [2.45, 2.75) is 18.9 Å². The smallest absolute Gasteiger partial charge is 0.229 e. The van der Waals surface area contributed by atoms with Crippen LogP contribution >= 0.6 is 11.6 Å². The summed E-state index contributed by atoms with van der Waals surface area (Å²) in [5, 5.41) is 6.79. The van der Waals surface area contributed by atoms with Crippen molar-refractivity contribution in [2.75, 3.05) is 42.7 Å². The molecule has 0 unspecified atom stereocenters. The fraction of sp³-hybridized carbons (Fsp3) is 0.259. The van der Waals surface area contributed by atoms with Crippen LogP contribution in [0.15, 0.2) is 67.0 Å². The van der Waals surface area contributed by atoms with Gasteiger partial charge in [0, 0.05) is 47.9 Å². The predicted molar refractivity (Wildman–Crippen MR) is 146 cm³/mol. The zero-order chi connectivity index (χ0) is 25.8. The van der Waals surface area contributed by atoms with E-state index >= 15 is 0 Å². The molecule has 1 aliphatic rings. The summed E-state index contributed by atoms with van der Waals surface area (Å²) < 4.78 is 14.3. The lowest BCUT2D eigenvalue weighted by Gasteiger charge is -2.36. The van der Waals surface area contributed by atoms with Gasteiger partial charge in [0.25, 0.3) is 0 Å². The van der Waals surface area contributed by atoms with Crippen molar-refractivity contribution < 1.29 is 4.39 Å². The molecule has 0 saturated carbocycles. The number of anilines is 5. The molecule has 0 spiro atoms. The van der Waals surface area contributed by atoms with Crippen LogP contribution in [0.5, 0.6) is 0 Å². The summed E-state index contributed by atoms with van der Waals surface area (Å²) in [5.41, 5.74) is 2.34. The van der Waals surface area contributed by atoms with Crippen LogP contribution in [0.1, 0.15) is 12.8 Å². The van der Waals surface area contributed by atoms with E-state index in [0.29, 0.717) is 28.6 Å². The second-order valence-electron chi connectivity index (χ2n) is 9.13. The second-order valence-corrected chi connectivity index (χ2v) is 9.57. The van der Waals surface area contributed by atoms with Crippen molar-refractivity contribution in [3.63, 3.8) is 0 Å². The number of rotatable bonds is 7. The maximum atomic E-state index is 14.3. The van der Waals surface area contributed by atoms with Gasteiger partial charge in [-0.1, -0.05) is 11.6 Å². The van der Waals surface area contributed by atoms with Gasteiger partial charge in [-0.25, -0.2) is 19.3 Å². The number of hydrogen-bond acceptors (Lipinski definition) is 8. The molecule has 37 heavy (non-hydrogen) atoms. The molecule has 3 heterocycles. The Balaban J connectivity index is 1.24. The van der Waals surface area contributed by atoms with Gasteiger partial charge in [0.15, 0.2) is 5.82 Å². The molecule has 10 heteroatoms. The van der Waals surface area contributed by atoms with Crippen molar-refractivity contribution in [3.8, 4) is 11.4 Å². The molecular formula is C27H28ClFN8. The summed E-state index contributed by atoms with van der Waals surface area (Å²) in [6.45, 7) is 2.11. The van der Waals surface area contributed by atoms with Crippen LogP contribution in [0.3, 0.4) is 0 Å². The van der Waals surface area contributed by atoms with Crippen LogP contribution in [0.2, 0.25) is 5.02 Å². The monoisotopic (exact) mass is 518 g/mol. The Morgan fingerprint density at radius 3 is 2.32 bits per heavy atom. The fourth-order valence-electron chi connectivity index (χ4n) is 4.37. The molecule has 2 aromatic heterocycles. The fourth-order valence-corrected chi connectivity index (χ4v) is 4.54. The highest BCUT2D eigenvalue weighted by molar-refractivity contribution is 6.30. The first kappa shape index (κ1) is 24.9. The maximum Gasteiger partial charge on any atom is 0.229 e. The van der Waals surface area contributed by atoms with Gasteiger partial charge in [-0.05, 0) is 81.5 Å². The first-order valence-corrected chi connectivity index (χ1v) is 12.5. The minimum absolute atomic E-state index is 0.225. The SMILES string of the molecule is CN(C)C1CCN(c2ccc(Nc3nccc(Nc4ccnc(-c5cc(Cl)ccc5F)n4)n3)cc2)CC1. The quantitative estimate of drug-likeness (QED) is 0.320. The first-order valence-electron chi connectivity index (χ1n) is 12.1. The topological polar surface area (TPSA) is 82.1 Å². The van der Waals surface area contributed by atoms with E-state index in [-0.39, 0.29) is 11.4 Å². The van der Waals surface area contributed by atoms with Gasteiger partial charge >= 0.3 is 0 Å². The predicted octanol–water partition coefficient (Wildman–Crippen LogP) is 5.74. The van der Waals surface area contributed by atoms with E-state index in [1.54, 1.807) is 24.5 Å². The van der Waals surface area contributed by atoms with Gasteiger partial charge in [-0.15, -0.1) is 0 Å². The van der Waals surface area contributed by atoms with Crippen LogP contribution in [-0.2, 0) is 0 Å². The Hall–Kier alpha value is -3.82. The van der Waals surface area contributed by atoms with E-state index in [2.05, 4.69) is 66.6 Å². The minimum Gasteiger partial charge on any atom is -0.371 e. The lowest BCUT2D eigenvalue weighted by atomic mass is 10.0. The molecule has 0 bridgehead atoms. The highest BCUT2D eigenvalue weighted by atomic mass is 35.5. The standard InChI is InChI=1S/C27H28ClFN8/c1-36(2)20-11-15-37(16-12-20)21-6-4-19(5-7-21)32-27-31-14-10-25(35-27)33-24-9-13-30-26(34-24)22-17-18(28)3-8-23(22)29/h3-10,13-14,17,20H,11-12,15-16H2,1-2H3,(H2,30,31,32,33,34,35). The van der Waals surface area contributed by atoms with Crippen LogP contribution in [0.25, 0.3) is 11.4 Å². The third-order valence-electron chi connectivity index (χ3n) is 6.42. The Labute approximate surface area is 220 Å². The minimum atomic E-state index is -0.445. The van der Waals surface area contributed by atoms with Crippen molar-refractivity contribution in [1.29, 1.82) is 0 Å². The zero-order valence-electron chi connectivity index (χ0n) is 20.7. The van der Waals surface area contributed by atoms with Crippen LogP contribution in [-0.4, -0.2) is 58.1 Å². The summed E-state index contributed by atoms with van der Waals surface area (Å²) in [6.07, 6.45) is 5.54. The van der Waals surface area contributed by atoms with Crippen molar-refractivity contribution in [3.05, 3.63) is 77.8 Å². The van der Waals surface area contributed by atoms with Gasteiger partial charge in [-0.2, -0.15) is 4.98 Å². The third-order valence-corrected chi connectivity index (χ3v) is 6.66. The molecule has 1 aliphatic heterocycles. The molecule has 0 aliphatic carbocycles. The molecule has 1 saturated heterocycles. The molecule has 5 rings (SSSR count). The highest BCUT2D eigenvalue weighted by Crippen LogP contribution is 2.26. The van der Waals surface area contributed by atoms with Gasteiger partial charge in [0.05, 0.1) is 5.56 Å². The van der Waals surface area contributed by atoms with E-state index < -0.39 is 5.82 Å². The van der Waals surface area contributed by atoms with Crippen LogP contribution < -0.4 is 15.5 Å². The van der Waals surface area contributed by atoms with E-state index in [1.807, 2.05) is 12.1 Å². The van der Waals surface area contributed by atoms with Crippen LogP contribution in [0.4, 0.5) is 33.3 Å². The molecule has 1 fully saturated rings. The van der Waals surface area contributed by atoms with E-state index in [9.17, 15) is 4.39 Å². The van der Waals surface area contributed by atoms with Crippen molar-refractivity contribution in [1.82, 2.24) is 24.8 Å². The Morgan fingerprint density at radius 2 is 1.59 bits per heavy atom. The normalized spacial score (nSPS) is 14.1.